The minimum absolute atomic E-state index is 0.626. The fourth-order valence-electron chi connectivity index (χ4n) is 1.97. The number of benzene rings is 1. The molecule has 0 aliphatic heterocycles. The van der Waals surface area contributed by atoms with Crippen LogP contribution in [0.25, 0.3) is 0 Å². The van der Waals surface area contributed by atoms with Crippen molar-refractivity contribution < 1.29 is 0 Å². The Balaban J connectivity index is 2.90. The Bertz CT molecular complexity index is 381. The van der Waals surface area contributed by atoms with Crippen LogP contribution >= 0.6 is 0 Å². The number of para-hydroxylation sites is 1. The van der Waals surface area contributed by atoms with Gasteiger partial charge in [-0.25, -0.2) is 0 Å². The Labute approximate surface area is 130 Å². The molecule has 0 spiro atoms. The highest BCUT2D eigenvalue weighted by Crippen LogP contribution is 2.31. The van der Waals surface area contributed by atoms with E-state index in [9.17, 15) is 0 Å². The average Bonchev–Trinajstić information content (AvgIpc) is 2.40. The van der Waals surface area contributed by atoms with Crippen LogP contribution in [0.5, 0.6) is 0 Å². The highest BCUT2D eigenvalue weighted by molar-refractivity contribution is 5.82. The van der Waals surface area contributed by atoms with E-state index in [1.54, 1.807) is 0 Å². The fraction of sp³-hybridized carbons (Fsp3) is 0.667. The van der Waals surface area contributed by atoms with E-state index in [1.165, 1.54) is 17.1 Å². The monoisotopic (exact) mass is 291 g/mol. The number of rotatable bonds is 9. The molecule has 21 heavy (non-hydrogen) atoms. The van der Waals surface area contributed by atoms with Crippen molar-refractivity contribution in [2.24, 2.45) is 17.8 Å². The maximum atomic E-state index is 3.60. The SMILES string of the molecule is CC(C)CNc1cccc(NCC(C)C)c1NCC(C)C. The first kappa shape index (κ1) is 17.7. The summed E-state index contributed by atoms with van der Waals surface area (Å²) in [4.78, 5) is 0. The lowest BCUT2D eigenvalue weighted by atomic mass is 10.1. The highest BCUT2D eigenvalue weighted by atomic mass is 15.0. The number of hydrogen-bond donors (Lipinski definition) is 3. The molecule has 0 amide bonds. The molecule has 0 saturated heterocycles. The first-order valence-electron chi connectivity index (χ1n) is 8.24. The second-order valence-corrected chi connectivity index (χ2v) is 7.05. The Morgan fingerprint density at radius 2 is 1.05 bits per heavy atom. The molecule has 1 aromatic rings. The quantitative estimate of drug-likeness (QED) is 0.606. The lowest BCUT2D eigenvalue weighted by Gasteiger charge is -2.21. The zero-order valence-electron chi connectivity index (χ0n) is 14.6. The topological polar surface area (TPSA) is 36.1 Å². The molecule has 0 aliphatic rings. The van der Waals surface area contributed by atoms with Gasteiger partial charge in [-0.2, -0.15) is 0 Å². The molecular weight excluding hydrogens is 258 g/mol. The predicted molar refractivity (Wildman–Crippen MR) is 96.4 cm³/mol. The summed E-state index contributed by atoms with van der Waals surface area (Å²) in [5.41, 5.74) is 3.59. The van der Waals surface area contributed by atoms with E-state index in [0.29, 0.717) is 17.8 Å². The average molecular weight is 291 g/mol. The van der Waals surface area contributed by atoms with Crippen molar-refractivity contribution >= 4 is 17.1 Å². The fourth-order valence-corrected chi connectivity index (χ4v) is 1.97. The minimum atomic E-state index is 0.626. The summed E-state index contributed by atoms with van der Waals surface area (Å²) in [6.07, 6.45) is 0. The van der Waals surface area contributed by atoms with E-state index in [1.807, 2.05) is 0 Å². The normalized spacial score (nSPS) is 11.3. The summed E-state index contributed by atoms with van der Waals surface area (Å²) in [7, 11) is 0. The van der Waals surface area contributed by atoms with Gasteiger partial charge in [-0.05, 0) is 29.9 Å². The third-order valence-electron chi connectivity index (χ3n) is 3.15. The van der Waals surface area contributed by atoms with Crippen LogP contribution in [0.4, 0.5) is 17.1 Å². The Morgan fingerprint density at radius 3 is 1.43 bits per heavy atom. The molecule has 0 atom stereocenters. The maximum absolute atomic E-state index is 3.60. The van der Waals surface area contributed by atoms with Gasteiger partial charge in [-0.15, -0.1) is 0 Å². The number of anilines is 3. The predicted octanol–water partition coefficient (Wildman–Crippen LogP) is 4.89. The van der Waals surface area contributed by atoms with Gasteiger partial charge in [-0.1, -0.05) is 47.6 Å². The van der Waals surface area contributed by atoms with Gasteiger partial charge < -0.3 is 16.0 Å². The molecular formula is C18H33N3. The lowest BCUT2D eigenvalue weighted by Crippen LogP contribution is -2.16. The van der Waals surface area contributed by atoms with Gasteiger partial charge in [0, 0.05) is 19.6 Å². The van der Waals surface area contributed by atoms with Crippen LogP contribution in [0.15, 0.2) is 18.2 Å². The zero-order chi connectivity index (χ0) is 15.8. The molecule has 0 unspecified atom stereocenters. The molecule has 0 saturated carbocycles. The van der Waals surface area contributed by atoms with Gasteiger partial charge >= 0.3 is 0 Å². The summed E-state index contributed by atoms with van der Waals surface area (Å²) < 4.78 is 0. The second-order valence-electron chi connectivity index (χ2n) is 7.05. The third-order valence-corrected chi connectivity index (χ3v) is 3.15. The molecule has 0 fully saturated rings. The molecule has 1 rings (SSSR count). The van der Waals surface area contributed by atoms with Gasteiger partial charge in [0.05, 0.1) is 17.1 Å². The van der Waals surface area contributed by atoms with Crippen molar-refractivity contribution in [2.75, 3.05) is 35.6 Å². The third kappa shape index (κ3) is 6.74. The van der Waals surface area contributed by atoms with Crippen LogP contribution in [-0.2, 0) is 0 Å². The summed E-state index contributed by atoms with van der Waals surface area (Å²) in [6.45, 7) is 16.4. The van der Waals surface area contributed by atoms with Crippen LogP contribution in [0.1, 0.15) is 41.5 Å². The van der Waals surface area contributed by atoms with Crippen LogP contribution in [-0.4, -0.2) is 19.6 Å². The van der Waals surface area contributed by atoms with E-state index < -0.39 is 0 Å². The Hall–Kier alpha value is -1.38. The van der Waals surface area contributed by atoms with E-state index in [0.717, 1.165) is 19.6 Å². The van der Waals surface area contributed by atoms with Crippen molar-refractivity contribution in [2.45, 2.75) is 41.5 Å². The van der Waals surface area contributed by atoms with Crippen molar-refractivity contribution in [3.8, 4) is 0 Å². The standard InChI is InChI=1S/C18H33N3/c1-13(2)10-19-16-8-7-9-17(20-11-14(3)4)18(16)21-12-15(5)6/h7-9,13-15,19-21H,10-12H2,1-6H3. The minimum Gasteiger partial charge on any atom is -0.383 e. The van der Waals surface area contributed by atoms with E-state index in [4.69, 9.17) is 0 Å². The zero-order valence-corrected chi connectivity index (χ0v) is 14.6. The molecule has 3 nitrogen and oxygen atoms in total. The van der Waals surface area contributed by atoms with Crippen molar-refractivity contribution in [1.82, 2.24) is 0 Å². The largest absolute Gasteiger partial charge is 0.383 e. The van der Waals surface area contributed by atoms with Gasteiger partial charge in [0.25, 0.3) is 0 Å². The highest BCUT2D eigenvalue weighted by Gasteiger charge is 2.09. The molecule has 1 aromatic carbocycles. The number of nitrogens with one attached hydrogen (secondary N) is 3. The van der Waals surface area contributed by atoms with E-state index in [2.05, 4.69) is 75.7 Å². The molecule has 3 heteroatoms. The summed E-state index contributed by atoms with van der Waals surface area (Å²) in [6, 6.07) is 6.43. The first-order chi connectivity index (χ1) is 9.90. The van der Waals surface area contributed by atoms with Crippen LogP contribution < -0.4 is 16.0 Å². The smallest absolute Gasteiger partial charge is 0.0811 e. The molecule has 3 N–H and O–H groups in total. The van der Waals surface area contributed by atoms with Crippen LogP contribution in [0, 0.1) is 17.8 Å². The maximum Gasteiger partial charge on any atom is 0.0811 e. The van der Waals surface area contributed by atoms with E-state index in [-0.39, 0.29) is 0 Å². The number of hydrogen-bond acceptors (Lipinski definition) is 3. The van der Waals surface area contributed by atoms with E-state index >= 15 is 0 Å². The van der Waals surface area contributed by atoms with Crippen molar-refractivity contribution in [3.05, 3.63) is 18.2 Å². The van der Waals surface area contributed by atoms with Crippen molar-refractivity contribution in [3.63, 3.8) is 0 Å². The lowest BCUT2D eigenvalue weighted by molar-refractivity contribution is 0.682. The summed E-state index contributed by atoms with van der Waals surface area (Å²) in [5, 5.41) is 10.7. The van der Waals surface area contributed by atoms with Gasteiger partial charge in [0.15, 0.2) is 0 Å². The van der Waals surface area contributed by atoms with Gasteiger partial charge in [-0.3, -0.25) is 0 Å². The Kier molecular flexibility index (Phi) is 7.41. The molecule has 0 aromatic heterocycles. The molecule has 120 valence electrons. The molecule has 0 radical (unpaired) electrons. The van der Waals surface area contributed by atoms with Crippen LogP contribution in [0.3, 0.4) is 0 Å². The molecule has 0 heterocycles. The summed E-state index contributed by atoms with van der Waals surface area (Å²) in [5.74, 6) is 1.89. The van der Waals surface area contributed by atoms with Gasteiger partial charge in [0.1, 0.15) is 0 Å². The van der Waals surface area contributed by atoms with Crippen molar-refractivity contribution in [1.29, 1.82) is 0 Å². The molecule has 0 bridgehead atoms. The summed E-state index contributed by atoms with van der Waals surface area (Å²) >= 11 is 0. The first-order valence-corrected chi connectivity index (χ1v) is 8.24. The van der Waals surface area contributed by atoms with Gasteiger partial charge in [0.2, 0.25) is 0 Å². The molecule has 0 aliphatic carbocycles. The second kappa shape index (κ2) is 8.81. The van der Waals surface area contributed by atoms with Crippen LogP contribution in [0.2, 0.25) is 0 Å². The Morgan fingerprint density at radius 1 is 0.667 bits per heavy atom.